The minimum Gasteiger partial charge on any atom is -0.495 e. The Hall–Kier alpha value is -2.51. The van der Waals surface area contributed by atoms with E-state index in [0.717, 1.165) is 0 Å². The Labute approximate surface area is 127 Å². The van der Waals surface area contributed by atoms with Gasteiger partial charge in [0.1, 0.15) is 17.5 Å². The van der Waals surface area contributed by atoms with Gasteiger partial charge in [-0.25, -0.2) is 0 Å². The van der Waals surface area contributed by atoms with Crippen molar-refractivity contribution in [3.05, 3.63) is 58.1 Å². The fourth-order valence-corrected chi connectivity index (χ4v) is 2.13. The number of amides is 1. The van der Waals surface area contributed by atoms with Crippen molar-refractivity contribution in [3.8, 4) is 11.8 Å². The van der Waals surface area contributed by atoms with Gasteiger partial charge in [-0.2, -0.15) is 5.26 Å². The molecular formula is C16H13ClN2O2. The highest BCUT2D eigenvalue weighted by Gasteiger charge is 2.16. The number of hydrogen-bond acceptors (Lipinski definition) is 3. The molecule has 0 aliphatic carbocycles. The maximum absolute atomic E-state index is 12.4. The van der Waals surface area contributed by atoms with Gasteiger partial charge in [0.15, 0.2) is 0 Å². The first-order chi connectivity index (χ1) is 10.1. The lowest BCUT2D eigenvalue weighted by Crippen LogP contribution is -2.15. The normalized spacial score (nSPS) is 9.81. The number of carbonyl (C=O) groups excluding carboxylic acids is 1. The molecule has 0 fully saturated rings. The summed E-state index contributed by atoms with van der Waals surface area (Å²) >= 11 is 6.02. The second-order valence-corrected chi connectivity index (χ2v) is 4.77. The summed E-state index contributed by atoms with van der Waals surface area (Å²) in [6, 6.07) is 12.1. The number of nitrogens with one attached hydrogen (secondary N) is 1. The van der Waals surface area contributed by atoms with Crippen LogP contribution in [0.15, 0.2) is 36.4 Å². The minimum absolute atomic E-state index is 0.336. The molecule has 0 spiro atoms. The van der Waals surface area contributed by atoms with Crippen molar-refractivity contribution in [2.24, 2.45) is 0 Å². The van der Waals surface area contributed by atoms with Crippen LogP contribution in [0.2, 0.25) is 5.02 Å². The fraction of sp³-hybridized carbons (Fsp3) is 0.125. The van der Waals surface area contributed by atoms with E-state index < -0.39 is 0 Å². The van der Waals surface area contributed by atoms with Crippen LogP contribution in [0.1, 0.15) is 21.5 Å². The quantitative estimate of drug-likeness (QED) is 0.938. The van der Waals surface area contributed by atoms with Crippen molar-refractivity contribution in [2.45, 2.75) is 6.92 Å². The lowest BCUT2D eigenvalue weighted by Gasteiger charge is -2.13. The summed E-state index contributed by atoms with van der Waals surface area (Å²) in [6.45, 7) is 1.77. The predicted octanol–water partition coefficient (Wildman–Crippen LogP) is 3.78. The van der Waals surface area contributed by atoms with Gasteiger partial charge in [0, 0.05) is 10.6 Å². The summed E-state index contributed by atoms with van der Waals surface area (Å²) in [5, 5.41) is 12.4. The van der Waals surface area contributed by atoms with Crippen LogP contribution >= 0.6 is 11.6 Å². The van der Waals surface area contributed by atoms with Gasteiger partial charge in [-0.15, -0.1) is 0 Å². The maximum atomic E-state index is 12.4. The molecule has 0 atom stereocenters. The summed E-state index contributed by atoms with van der Waals surface area (Å²) < 4.78 is 5.19. The standard InChI is InChI=1S/C16H13ClN2O2/c1-10-12(6-4-7-13(10)17)16(20)19-15-11(9-18)5-3-8-14(15)21-2/h3-8H,1-2H3,(H,19,20). The number of benzene rings is 2. The van der Waals surface area contributed by atoms with E-state index in [0.29, 0.717) is 33.1 Å². The number of ether oxygens (including phenoxy) is 1. The molecule has 1 N–H and O–H groups in total. The SMILES string of the molecule is COc1cccc(C#N)c1NC(=O)c1cccc(Cl)c1C. The Morgan fingerprint density at radius 1 is 1.29 bits per heavy atom. The van der Waals surface area contributed by atoms with E-state index in [1.54, 1.807) is 43.3 Å². The van der Waals surface area contributed by atoms with Crippen molar-refractivity contribution in [3.63, 3.8) is 0 Å². The molecule has 4 nitrogen and oxygen atoms in total. The molecule has 2 aromatic rings. The molecule has 0 bridgehead atoms. The fourth-order valence-electron chi connectivity index (χ4n) is 1.96. The molecule has 5 heteroatoms. The first-order valence-corrected chi connectivity index (χ1v) is 6.60. The van der Waals surface area contributed by atoms with Gasteiger partial charge in [0.2, 0.25) is 0 Å². The number of para-hydroxylation sites is 1. The Kier molecular flexibility index (Phi) is 4.46. The highest BCUT2D eigenvalue weighted by Crippen LogP contribution is 2.29. The Morgan fingerprint density at radius 2 is 2.00 bits per heavy atom. The molecule has 0 saturated carbocycles. The van der Waals surface area contributed by atoms with E-state index >= 15 is 0 Å². The zero-order chi connectivity index (χ0) is 15.4. The van der Waals surface area contributed by atoms with Gasteiger partial charge < -0.3 is 10.1 Å². The summed E-state index contributed by atoms with van der Waals surface area (Å²) in [5.74, 6) is 0.0954. The summed E-state index contributed by atoms with van der Waals surface area (Å²) in [5.41, 5.74) is 1.83. The van der Waals surface area contributed by atoms with Crippen LogP contribution in [0.3, 0.4) is 0 Å². The molecule has 21 heavy (non-hydrogen) atoms. The van der Waals surface area contributed by atoms with Gasteiger partial charge in [0.05, 0.1) is 12.7 Å². The predicted molar refractivity (Wildman–Crippen MR) is 81.9 cm³/mol. The monoisotopic (exact) mass is 300 g/mol. The molecule has 0 unspecified atom stereocenters. The number of halogens is 1. The van der Waals surface area contributed by atoms with Crippen LogP contribution in [0.25, 0.3) is 0 Å². The second kappa shape index (κ2) is 6.29. The maximum Gasteiger partial charge on any atom is 0.256 e. The average molecular weight is 301 g/mol. The molecule has 0 saturated heterocycles. The Balaban J connectivity index is 2.41. The Morgan fingerprint density at radius 3 is 2.67 bits per heavy atom. The lowest BCUT2D eigenvalue weighted by atomic mass is 10.1. The largest absolute Gasteiger partial charge is 0.495 e. The highest BCUT2D eigenvalue weighted by atomic mass is 35.5. The van der Waals surface area contributed by atoms with E-state index in [-0.39, 0.29) is 5.91 Å². The average Bonchev–Trinajstić information content (AvgIpc) is 2.50. The van der Waals surface area contributed by atoms with E-state index in [1.165, 1.54) is 7.11 Å². The molecule has 0 heterocycles. The van der Waals surface area contributed by atoms with Gasteiger partial charge in [-0.1, -0.05) is 23.7 Å². The third kappa shape index (κ3) is 2.99. The van der Waals surface area contributed by atoms with E-state index in [9.17, 15) is 4.79 Å². The minimum atomic E-state index is -0.337. The number of hydrogen-bond donors (Lipinski definition) is 1. The number of carbonyl (C=O) groups is 1. The molecular weight excluding hydrogens is 288 g/mol. The smallest absolute Gasteiger partial charge is 0.256 e. The third-order valence-corrected chi connectivity index (χ3v) is 3.53. The molecule has 0 aliphatic heterocycles. The first-order valence-electron chi connectivity index (χ1n) is 6.22. The van der Waals surface area contributed by atoms with Crippen molar-refractivity contribution in [1.29, 1.82) is 5.26 Å². The molecule has 0 radical (unpaired) electrons. The first kappa shape index (κ1) is 14.9. The molecule has 1 amide bonds. The molecule has 2 rings (SSSR count). The molecule has 0 aliphatic rings. The third-order valence-electron chi connectivity index (χ3n) is 3.12. The molecule has 0 aromatic heterocycles. The summed E-state index contributed by atoms with van der Waals surface area (Å²) in [7, 11) is 1.48. The van der Waals surface area contributed by atoms with Crippen molar-refractivity contribution >= 4 is 23.2 Å². The van der Waals surface area contributed by atoms with E-state index in [4.69, 9.17) is 21.6 Å². The molecule has 106 valence electrons. The topological polar surface area (TPSA) is 62.1 Å². The Bertz CT molecular complexity index is 736. The highest BCUT2D eigenvalue weighted by molar-refractivity contribution is 6.32. The van der Waals surface area contributed by atoms with Gasteiger partial charge in [-0.05, 0) is 36.8 Å². The van der Waals surface area contributed by atoms with Gasteiger partial charge >= 0.3 is 0 Å². The van der Waals surface area contributed by atoms with Crippen LogP contribution in [0.5, 0.6) is 5.75 Å². The van der Waals surface area contributed by atoms with Crippen LogP contribution in [-0.4, -0.2) is 13.0 Å². The molecule has 2 aromatic carbocycles. The number of methoxy groups -OCH3 is 1. The van der Waals surface area contributed by atoms with Crippen LogP contribution in [-0.2, 0) is 0 Å². The van der Waals surface area contributed by atoms with Crippen molar-refractivity contribution in [2.75, 3.05) is 12.4 Å². The number of nitrogens with zero attached hydrogens (tertiary/aromatic N) is 1. The zero-order valence-electron chi connectivity index (χ0n) is 11.6. The van der Waals surface area contributed by atoms with Crippen molar-refractivity contribution in [1.82, 2.24) is 0 Å². The number of nitriles is 1. The lowest BCUT2D eigenvalue weighted by molar-refractivity contribution is 0.102. The van der Waals surface area contributed by atoms with Gasteiger partial charge in [0.25, 0.3) is 5.91 Å². The van der Waals surface area contributed by atoms with E-state index in [2.05, 4.69) is 5.32 Å². The summed E-state index contributed by atoms with van der Waals surface area (Å²) in [4.78, 5) is 12.4. The van der Waals surface area contributed by atoms with Crippen LogP contribution in [0, 0.1) is 18.3 Å². The number of rotatable bonds is 3. The number of anilines is 1. The van der Waals surface area contributed by atoms with Crippen LogP contribution < -0.4 is 10.1 Å². The van der Waals surface area contributed by atoms with Crippen molar-refractivity contribution < 1.29 is 9.53 Å². The van der Waals surface area contributed by atoms with Crippen LogP contribution in [0.4, 0.5) is 5.69 Å². The summed E-state index contributed by atoms with van der Waals surface area (Å²) in [6.07, 6.45) is 0. The van der Waals surface area contributed by atoms with Gasteiger partial charge in [-0.3, -0.25) is 4.79 Å². The van der Waals surface area contributed by atoms with E-state index in [1.807, 2.05) is 6.07 Å². The second-order valence-electron chi connectivity index (χ2n) is 4.36. The zero-order valence-corrected chi connectivity index (χ0v) is 12.4.